The van der Waals surface area contributed by atoms with Gasteiger partial charge in [0.1, 0.15) is 39.2 Å². The maximum atomic E-state index is 13.2. The van der Waals surface area contributed by atoms with E-state index in [1.54, 1.807) is 38.2 Å². The first-order valence-corrected chi connectivity index (χ1v) is 12.5. The van der Waals surface area contributed by atoms with Crippen LogP contribution in [0.5, 0.6) is 0 Å². The van der Waals surface area contributed by atoms with Crippen LogP contribution in [0.25, 0.3) is 10.8 Å². The lowest BCUT2D eigenvalue weighted by Crippen LogP contribution is -2.29. The Bertz CT molecular complexity index is 1340. The van der Waals surface area contributed by atoms with E-state index in [0.717, 1.165) is 6.26 Å². The van der Waals surface area contributed by atoms with Gasteiger partial charge in [-0.3, -0.25) is 4.79 Å². The molecule has 10 nitrogen and oxygen atoms in total. The van der Waals surface area contributed by atoms with Crippen molar-refractivity contribution in [2.75, 3.05) is 22.6 Å². The highest BCUT2D eigenvalue weighted by Gasteiger charge is 2.20. The van der Waals surface area contributed by atoms with Gasteiger partial charge in [-0.2, -0.15) is 0 Å². The molecule has 0 unspecified atom stereocenters. The summed E-state index contributed by atoms with van der Waals surface area (Å²) in [7, 11) is -3.22. The van der Waals surface area contributed by atoms with Gasteiger partial charge in [0.25, 0.3) is 5.56 Å². The third kappa shape index (κ3) is 6.48. The molecule has 0 aliphatic carbocycles. The molecule has 3 heterocycles. The molecule has 0 saturated carbocycles. The van der Waals surface area contributed by atoms with Crippen LogP contribution in [0.3, 0.4) is 0 Å². The Kier molecular flexibility index (Phi) is 6.49. The van der Waals surface area contributed by atoms with Crippen LogP contribution in [0.2, 0.25) is 0 Å². The van der Waals surface area contributed by atoms with Gasteiger partial charge in [0, 0.05) is 30.6 Å². The van der Waals surface area contributed by atoms with Gasteiger partial charge in [-0.1, -0.05) is 0 Å². The zero-order valence-electron chi connectivity index (χ0n) is 19.7. The second kappa shape index (κ2) is 8.71. The van der Waals surface area contributed by atoms with Crippen LogP contribution in [0.15, 0.2) is 35.5 Å². The predicted molar refractivity (Wildman–Crippen MR) is 130 cm³/mol. The molecular weight excluding hydrogens is 444 g/mol. The summed E-state index contributed by atoms with van der Waals surface area (Å²) < 4.78 is 24.5. The summed E-state index contributed by atoms with van der Waals surface area (Å²) in [5.74, 6) is 1.13. The topological polar surface area (TPSA) is 139 Å². The van der Waals surface area contributed by atoms with Crippen molar-refractivity contribution in [1.29, 1.82) is 0 Å². The molecule has 0 saturated heterocycles. The minimum Gasteiger partial charge on any atom is -0.384 e. The van der Waals surface area contributed by atoms with Gasteiger partial charge in [0.15, 0.2) is 0 Å². The Morgan fingerprint density at radius 1 is 1.09 bits per heavy atom. The van der Waals surface area contributed by atoms with Crippen molar-refractivity contribution in [3.63, 3.8) is 0 Å². The third-order valence-electron chi connectivity index (χ3n) is 4.71. The standard InChI is InChI=1S/C22H30N6O4S/c1-21(2,3)27-19-18-14(7-8-28(20(18)29)9-10-33(6,31)32)11-17(26-19)25-16-12-15(22(4,5)30)23-13-24-16/h7-8,11-13,30H,9-10H2,1-6H3,(H2,23,24,25,26,27). The van der Waals surface area contributed by atoms with E-state index in [1.807, 2.05) is 20.8 Å². The number of sulfone groups is 1. The number of fused-ring (bicyclic) bond motifs is 1. The number of nitrogens with one attached hydrogen (secondary N) is 2. The Balaban J connectivity index is 2.09. The lowest BCUT2D eigenvalue weighted by Gasteiger charge is -2.23. The second-order valence-electron chi connectivity index (χ2n) is 9.61. The highest BCUT2D eigenvalue weighted by Crippen LogP contribution is 2.27. The van der Waals surface area contributed by atoms with E-state index in [4.69, 9.17) is 0 Å². The van der Waals surface area contributed by atoms with E-state index in [-0.39, 0.29) is 23.4 Å². The number of anilines is 3. The Labute approximate surface area is 193 Å². The van der Waals surface area contributed by atoms with Crippen molar-refractivity contribution in [2.45, 2.75) is 52.3 Å². The number of pyridine rings is 2. The van der Waals surface area contributed by atoms with Crippen LogP contribution in [0.4, 0.5) is 17.5 Å². The van der Waals surface area contributed by atoms with Crippen molar-refractivity contribution >= 4 is 38.1 Å². The number of rotatable bonds is 7. The molecule has 0 bridgehead atoms. The highest BCUT2D eigenvalue weighted by atomic mass is 32.2. The molecule has 3 aromatic heterocycles. The summed E-state index contributed by atoms with van der Waals surface area (Å²) in [4.78, 5) is 26.1. The van der Waals surface area contributed by atoms with Gasteiger partial charge in [0.2, 0.25) is 0 Å². The van der Waals surface area contributed by atoms with Crippen LogP contribution >= 0.6 is 0 Å². The lowest BCUT2D eigenvalue weighted by molar-refractivity contribution is 0.0737. The summed E-state index contributed by atoms with van der Waals surface area (Å²) >= 11 is 0. The summed E-state index contributed by atoms with van der Waals surface area (Å²) in [6.45, 7) is 9.17. The quantitative estimate of drug-likeness (QED) is 0.471. The molecule has 11 heteroatoms. The fraction of sp³-hybridized carbons (Fsp3) is 0.455. The van der Waals surface area contributed by atoms with Crippen LogP contribution in [0, 0.1) is 0 Å². The van der Waals surface area contributed by atoms with Crippen molar-refractivity contribution in [1.82, 2.24) is 19.5 Å². The van der Waals surface area contributed by atoms with Crippen LogP contribution in [-0.4, -0.2) is 50.6 Å². The zero-order valence-corrected chi connectivity index (χ0v) is 20.5. The first-order chi connectivity index (χ1) is 15.1. The SMILES string of the molecule is CC(C)(C)Nc1nc(Nc2cc(C(C)(C)O)ncn2)cc2ccn(CCS(C)(=O)=O)c(=O)c12. The van der Waals surface area contributed by atoms with Crippen LogP contribution in [-0.2, 0) is 22.0 Å². The monoisotopic (exact) mass is 474 g/mol. The van der Waals surface area contributed by atoms with E-state index < -0.39 is 15.4 Å². The molecule has 3 aromatic rings. The Morgan fingerprint density at radius 2 is 1.79 bits per heavy atom. The summed E-state index contributed by atoms with van der Waals surface area (Å²) in [5.41, 5.74) is -1.40. The van der Waals surface area contributed by atoms with E-state index in [2.05, 4.69) is 25.6 Å². The third-order valence-corrected chi connectivity index (χ3v) is 5.63. The molecule has 0 aliphatic heterocycles. The molecule has 3 rings (SSSR count). The van der Waals surface area contributed by atoms with Gasteiger partial charge in [-0.05, 0) is 52.1 Å². The molecule has 3 N–H and O–H groups in total. The van der Waals surface area contributed by atoms with Gasteiger partial charge < -0.3 is 20.3 Å². The summed E-state index contributed by atoms with van der Waals surface area (Å²) in [5, 5.41) is 17.6. The number of aliphatic hydroxyl groups is 1. The van der Waals surface area contributed by atoms with Gasteiger partial charge >= 0.3 is 0 Å². The highest BCUT2D eigenvalue weighted by molar-refractivity contribution is 7.90. The molecular formula is C22H30N6O4S. The Hall–Kier alpha value is -3.05. The van der Waals surface area contributed by atoms with Gasteiger partial charge in [-0.25, -0.2) is 23.4 Å². The van der Waals surface area contributed by atoms with E-state index in [1.165, 1.54) is 10.9 Å². The fourth-order valence-electron chi connectivity index (χ4n) is 3.14. The minimum absolute atomic E-state index is 0.0588. The smallest absolute Gasteiger partial charge is 0.262 e. The first-order valence-electron chi connectivity index (χ1n) is 10.4. The first kappa shape index (κ1) is 24.6. The number of aromatic nitrogens is 4. The number of aryl methyl sites for hydroxylation is 1. The predicted octanol–water partition coefficient (Wildman–Crippen LogP) is 2.41. The van der Waals surface area contributed by atoms with Crippen molar-refractivity contribution in [2.24, 2.45) is 0 Å². The van der Waals surface area contributed by atoms with Gasteiger partial charge in [0.05, 0.1) is 16.8 Å². The van der Waals surface area contributed by atoms with E-state index >= 15 is 0 Å². The maximum absolute atomic E-state index is 13.2. The molecule has 0 spiro atoms. The molecule has 0 atom stereocenters. The molecule has 0 radical (unpaired) electrons. The van der Waals surface area contributed by atoms with E-state index in [9.17, 15) is 18.3 Å². The minimum atomic E-state index is -3.22. The van der Waals surface area contributed by atoms with E-state index in [0.29, 0.717) is 33.9 Å². The lowest BCUT2D eigenvalue weighted by atomic mass is 10.1. The normalized spacial score (nSPS) is 12.7. The van der Waals surface area contributed by atoms with Crippen LogP contribution < -0.4 is 16.2 Å². The zero-order chi connectivity index (χ0) is 24.6. The fourth-order valence-corrected chi connectivity index (χ4v) is 3.67. The largest absolute Gasteiger partial charge is 0.384 e. The number of hydrogen-bond acceptors (Lipinski definition) is 9. The average Bonchev–Trinajstić information content (AvgIpc) is 2.65. The van der Waals surface area contributed by atoms with Crippen molar-refractivity contribution in [3.05, 3.63) is 46.8 Å². The summed E-state index contributed by atoms with van der Waals surface area (Å²) in [6, 6.07) is 5.10. The molecule has 0 aromatic carbocycles. The second-order valence-corrected chi connectivity index (χ2v) is 11.9. The molecule has 178 valence electrons. The number of hydrogen-bond donors (Lipinski definition) is 3. The van der Waals surface area contributed by atoms with Gasteiger partial charge in [-0.15, -0.1) is 0 Å². The van der Waals surface area contributed by atoms with Crippen LogP contribution in [0.1, 0.15) is 40.3 Å². The molecule has 0 aliphatic rings. The van der Waals surface area contributed by atoms with Crippen molar-refractivity contribution < 1.29 is 13.5 Å². The maximum Gasteiger partial charge on any atom is 0.262 e. The Morgan fingerprint density at radius 3 is 2.39 bits per heavy atom. The average molecular weight is 475 g/mol. The molecule has 0 fully saturated rings. The number of nitrogens with zero attached hydrogens (tertiary/aromatic N) is 4. The molecule has 33 heavy (non-hydrogen) atoms. The van der Waals surface area contributed by atoms with Crippen molar-refractivity contribution in [3.8, 4) is 0 Å². The molecule has 0 amide bonds. The summed E-state index contributed by atoms with van der Waals surface area (Å²) in [6.07, 6.45) is 4.07.